The van der Waals surface area contributed by atoms with Crippen LogP contribution in [0.2, 0.25) is 0 Å². The van der Waals surface area contributed by atoms with Crippen LogP contribution in [0.3, 0.4) is 0 Å². The Morgan fingerprint density at radius 3 is 1.50 bits per heavy atom. The van der Waals surface area contributed by atoms with E-state index in [2.05, 4.69) is 0 Å². The van der Waals surface area contributed by atoms with Crippen molar-refractivity contribution in [1.29, 1.82) is 0 Å². The molecule has 0 aromatic carbocycles. The molecule has 0 saturated carbocycles. The van der Waals surface area contributed by atoms with Gasteiger partial charge in [0.05, 0.1) is 0 Å². The van der Waals surface area contributed by atoms with Crippen molar-refractivity contribution in [2.24, 2.45) is 0 Å². The Morgan fingerprint density at radius 1 is 1.08 bits per heavy atom. The summed E-state index contributed by atoms with van der Waals surface area (Å²) >= 11 is 0. The van der Waals surface area contributed by atoms with Gasteiger partial charge >= 0.3 is 0 Å². The number of carboxylic acids is 1. The number of rotatable bonds is 4. The van der Waals surface area contributed by atoms with Crippen LogP contribution in [0.5, 0.6) is 0 Å². The summed E-state index contributed by atoms with van der Waals surface area (Å²) in [5.41, 5.74) is 0. The fourth-order valence-electron chi connectivity index (χ4n) is 0.683. The molecule has 1 N–H and O–H groups in total. The molecule has 0 bridgehead atoms. The van der Waals surface area contributed by atoms with Crippen LogP contribution in [-0.2, 0) is 9.59 Å². The molecule has 0 spiro atoms. The lowest BCUT2D eigenvalue weighted by molar-refractivity contribution is -0.134. The predicted octanol–water partition coefficient (Wildman–Crippen LogP) is 2.25. The van der Waals surface area contributed by atoms with Gasteiger partial charge in [-0.05, 0) is 12.8 Å². The quantitative estimate of drug-likeness (QED) is 0.711. The summed E-state index contributed by atoms with van der Waals surface area (Å²) in [5, 5.41) is 7.42. The van der Waals surface area contributed by atoms with Gasteiger partial charge in [0.15, 0.2) is 0 Å². The lowest BCUT2D eigenvalue weighted by atomic mass is 10.1. The van der Waals surface area contributed by atoms with Crippen molar-refractivity contribution in [3.63, 3.8) is 0 Å². The molecule has 0 radical (unpaired) electrons. The van der Waals surface area contributed by atoms with Crippen molar-refractivity contribution in [3.8, 4) is 0 Å². The Hall–Kier alpha value is -0.860. The van der Waals surface area contributed by atoms with Crippen LogP contribution in [0.1, 0.15) is 46.5 Å². The van der Waals surface area contributed by atoms with E-state index in [1.165, 1.54) is 0 Å². The first-order valence-electron chi connectivity index (χ1n) is 4.25. The van der Waals surface area contributed by atoms with E-state index in [1.807, 2.05) is 13.8 Å². The molecule has 0 aliphatic carbocycles. The van der Waals surface area contributed by atoms with Gasteiger partial charge in [0.2, 0.25) is 0 Å². The van der Waals surface area contributed by atoms with Crippen LogP contribution in [0.4, 0.5) is 0 Å². The first-order chi connectivity index (χ1) is 5.54. The van der Waals surface area contributed by atoms with E-state index in [0.29, 0.717) is 5.78 Å². The Kier molecular flexibility index (Phi) is 11.6. The monoisotopic (exact) mass is 174 g/mol. The van der Waals surface area contributed by atoms with Crippen LogP contribution in [0, 0.1) is 0 Å². The molecule has 0 aliphatic rings. The molecule has 0 aromatic heterocycles. The third-order valence-corrected chi connectivity index (χ3v) is 1.06. The minimum atomic E-state index is -0.833. The molecular weight excluding hydrogens is 156 g/mol. The maximum atomic E-state index is 10.6. The minimum Gasteiger partial charge on any atom is -0.481 e. The number of hydrogen-bond acceptors (Lipinski definition) is 2. The summed E-state index contributed by atoms with van der Waals surface area (Å²) in [5.74, 6) is -0.421. The number of hydrogen-bond donors (Lipinski definition) is 1. The summed E-state index contributed by atoms with van der Waals surface area (Å²) < 4.78 is 0. The van der Waals surface area contributed by atoms with Crippen LogP contribution >= 0.6 is 0 Å². The lowest BCUT2D eigenvalue weighted by Gasteiger charge is -1.91. The first-order valence-corrected chi connectivity index (χ1v) is 4.25. The Morgan fingerprint density at radius 2 is 1.33 bits per heavy atom. The number of carbonyl (C=O) groups excluding carboxylic acids is 1. The highest BCUT2D eigenvalue weighted by molar-refractivity contribution is 5.78. The molecule has 0 fully saturated rings. The number of carboxylic acid groups (broad SMARTS) is 1. The number of aliphatic carboxylic acids is 1. The van der Waals surface area contributed by atoms with Crippen molar-refractivity contribution < 1.29 is 14.7 Å². The van der Waals surface area contributed by atoms with E-state index in [-0.39, 0.29) is 0 Å². The van der Waals surface area contributed by atoms with Gasteiger partial charge in [-0.15, -0.1) is 0 Å². The topological polar surface area (TPSA) is 54.4 Å². The van der Waals surface area contributed by atoms with Gasteiger partial charge < -0.3 is 5.11 Å². The van der Waals surface area contributed by atoms with E-state index < -0.39 is 5.97 Å². The summed E-state index contributed by atoms with van der Waals surface area (Å²) in [6, 6.07) is 0. The number of carbonyl (C=O) groups is 2. The molecule has 0 aromatic rings. The van der Waals surface area contributed by atoms with Crippen molar-refractivity contribution in [1.82, 2.24) is 0 Å². The Labute approximate surface area is 73.8 Å². The van der Waals surface area contributed by atoms with E-state index in [9.17, 15) is 4.79 Å². The van der Waals surface area contributed by atoms with Gasteiger partial charge in [0.25, 0.3) is 5.97 Å². The SMILES string of the molecule is CC(=O)O.CCCC(=O)CCC. The number of ketones is 1. The lowest BCUT2D eigenvalue weighted by Crippen LogP contribution is -1.93. The van der Waals surface area contributed by atoms with Crippen molar-refractivity contribution in [2.75, 3.05) is 0 Å². The average Bonchev–Trinajstić information content (AvgIpc) is 1.87. The highest BCUT2D eigenvalue weighted by Crippen LogP contribution is 1.95. The van der Waals surface area contributed by atoms with E-state index in [0.717, 1.165) is 32.6 Å². The minimum absolute atomic E-state index is 0.412. The van der Waals surface area contributed by atoms with Crippen LogP contribution in [0.25, 0.3) is 0 Å². The second kappa shape index (κ2) is 10.1. The van der Waals surface area contributed by atoms with Crippen molar-refractivity contribution >= 4 is 11.8 Å². The molecular formula is C9H18O3. The molecule has 0 rings (SSSR count). The fraction of sp³-hybridized carbons (Fsp3) is 0.778. The first kappa shape index (κ1) is 13.7. The van der Waals surface area contributed by atoms with Gasteiger partial charge in [-0.2, -0.15) is 0 Å². The number of Topliss-reactive ketones (excluding diaryl/α,β-unsaturated/α-hetero) is 1. The van der Waals surface area contributed by atoms with E-state index in [1.54, 1.807) is 0 Å². The molecule has 0 heterocycles. The molecule has 72 valence electrons. The highest BCUT2D eigenvalue weighted by Gasteiger charge is 1.94. The van der Waals surface area contributed by atoms with Gasteiger partial charge in [-0.1, -0.05) is 13.8 Å². The zero-order valence-electron chi connectivity index (χ0n) is 8.09. The van der Waals surface area contributed by atoms with Crippen LogP contribution in [-0.4, -0.2) is 16.9 Å². The molecule has 0 unspecified atom stereocenters. The van der Waals surface area contributed by atoms with Crippen molar-refractivity contribution in [3.05, 3.63) is 0 Å². The highest BCUT2D eigenvalue weighted by atomic mass is 16.4. The predicted molar refractivity (Wildman–Crippen MR) is 48.1 cm³/mol. The Bertz CT molecular complexity index is 118. The summed E-state index contributed by atoms with van der Waals surface area (Å²) in [6.45, 7) is 5.15. The van der Waals surface area contributed by atoms with Crippen LogP contribution < -0.4 is 0 Å². The normalized spacial score (nSPS) is 8.25. The fourth-order valence-corrected chi connectivity index (χ4v) is 0.683. The largest absolute Gasteiger partial charge is 0.481 e. The van der Waals surface area contributed by atoms with E-state index in [4.69, 9.17) is 9.90 Å². The third-order valence-electron chi connectivity index (χ3n) is 1.06. The maximum Gasteiger partial charge on any atom is 0.300 e. The standard InChI is InChI=1S/C7H14O.C2H4O2/c1-3-5-7(8)6-4-2;1-2(3)4/h3-6H2,1-2H3;1H3,(H,3,4). The summed E-state index contributed by atoms with van der Waals surface area (Å²) in [4.78, 5) is 19.6. The van der Waals surface area contributed by atoms with Crippen LogP contribution in [0.15, 0.2) is 0 Å². The second-order valence-corrected chi connectivity index (χ2v) is 2.56. The van der Waals surface area contributed by atoms with E-state index >= 15 is 0 Å². The summed E-state index contributed by atoms with van der Waals surface area (Å²) in [7, 11) is 0. The second-order valence-electron chi connectivity index (χ2n) is 2.56. The maximum absolute atomic E-state index is 10.6. The Balaban J connectivity index is 0. The summed E-state index contributed by atoms with van der Waals surface area (Å²) in [6.07, 6.45) is 3.54. The average molecular weight is 174 g/mol. The van der Waals surface area contributed by atoms with Gasteiger partial charge in [0, 0.05) is 19.8 Å². The molecule has 0 aliphatic heterocycles. The molecule has 0 amide bonds. The molecule has 3 heteroatoms. The van der Waals surface area contributed by atoms with Gasteiger partial charge in [0.1, 0.15) is 5.78 Å². The molecule has 3 nitrogen and oxygen atoms in total. The molecule has 0 atom stereocenters. The zero-order valence-corrected chi connectivity index (χ0v) is 8.09. The third kappa shape index (κ3) is 22.9. The molecule has 12 heavy (non-hydrogen) atoms. The zero-order chi connectivity index (χ0) is 9.98. The van der Waals surface area contributed by atoms with Gasteiger partial charge in [-0.25, -0.2) is 0 Å². The molecule has 0 saturated heterocycles. The van der Waals surface area contributed by atoms with Gasteiger partial charge in [-0.3, -0.25) is 9.59 Å². The smallest absolute Gasteiger partial charge is 0.300 e. The van der Waals surface area contributed by atoms with Crippen molar-refractivity contribution in [2.45, 2.75) is 46.5 Å².